The molecule has 1 heterocycles. The van der Waals surface area contributed by atoms with Gasteiger partial charge in [0.05, 0.1) is 0 Å². The predicted octanol–water partition coefficient (Wildman–Crippen LogP) is 2.46. The van der Waals surface area contributed by atoms with Crippen LogP contribution < -0.4 is 0 Å². The topological polar surface area (TPSA) is 52.6 Å². The Bertz CT molecular complexity index is 525. The molecule has 1 aliphatic carbocycles. The quantitative estimate of drug-likeness (QED) is 0.627. The average Bonchev–Trinajstić information content (AvgIpc) is 3.00. The summed E-state index contributed by atoms with van der Waals surface area (Å²) in [5.41, 5.74) is -0.125. The number of hydrogen-bond donors (Lipinski definition) is 0. The number of fused-ring (bicyclic) bond motifs is 1. The van der Waals surface area contributed by atoms with Crippen LogP contribution in [-0.2, 0) is 25.7 Å². The molecule has 1 saturated heterocycles. The summed E-state index contributed by atoms with van der Waals surface area (Å²) in [5.74, 6) is -0.845. The van der Waals surface area contributed by atoms with Crippen LogP contribution in [0, 0.1) is 11.3 Å². The van der Waals surface area contributed by atoms with Crippen molar-refractivity contribution in [2.45, 2.75) is 38.9 Å². The van der Waals surface area contributed by atoms with Gasteiger partial charge in [0, 0.05) is 5.92 Å². The van der Waals surface area contributed by atoms with Crippen molar-refractivity contribution in [2.24, 2.45) is 11.3 Å². The fourth-order valence-corrected chi connectivity index (χ4v) is 3.47. The maximum Gasteiger partial charge on any atom is 0.324 e. The van der Waals surface area contributed by atoms with Crippen LogP contribution in [-0.4, -0.2) is 18.0 Å². The van der Waals surface area contributed by atoms with Crippen LogP contribution in [0.2, 0.25) is 0 Å². The fourth-order valence-electron chi connectivity index (χ4n) is 3.47. The molecule has 3 rings (SSSR count). The first-order chi connectivity index (χ1) is 9.64. The van der Waals surface area contributed by atoms with Crippen molar-refractivity contribution >= 4 is 11.9 Å². The number of benzene rings is 1. The second kappa shape index (κ2) is 4.93. The van der Waals surface area contributed by atoms with Crippen molar-refractivity contribution in [3.63, 3.8) is 0 Å². The number of cyclic esters (lactones) is 1. The third kappa shape index (κ3) is 1.90. The average molecular weight is 274 g/mol. The first-order valence-corrected chi connectivity index (χ1v) is 7.07. The summed E-state index contributed by atoms with van der Waals surface area (Å²) in [6, 6.07) is 9.49. The smallest absolute Gasteiger partial charge is 0.324 e. The van der Waals surface area contributed by atoms with E-state index in [1.807, 2.05) is 37.3 Å². The zero-order valence-electron chi connectivity index (χ0n) is 11.5. The normalized spacial score (nSPS) is 31.8. The van der Waals surface area contributed by atoms with Crippen LogP contribution in [0.4, 0.5) is 0 Å². The molecule has 2 aliphatic rings. The van der Waals surface area contributed by atoms with E-state index in [2.05, 4.69) is 0 Å². The van der Waals surface area contributed by atoms with Crippen molar-refractivity contribution in [3.8, 4) is 0 Å². The summed E-state index contributed by atoms with van der Waals surface area (Å²) in [6.45, 7) is 2.07. The minimum absolute atomic E-state index is 0.0294. The number of carbonyl (C=O) groups is 2. The van der Waals surface area contributed by atoms with Crippen molar-refractivity contribution in [2.75, 3.05) is 0 Å². The second-order valence-electron chi connectivity index (χ2n) is 5.64. The van der Waals surface area contributed by atoms with Gasteiger partial charge in [-0.3, -0.25) is 9.59 Å². The first kappa shape index (κ1) is 13.2. The van der Waals surface area contributed by atoms with E-state index in [1.54, 1.807) is 0 Å². The summed E-state index contributed by atoms with van der Waals surface area (Å²) in [4.78, 5) is 24.6. The Balaban J connectivity index is 1.74. The minimum atomic E-state index is -1.05. The van der Waals surface area contributed by atoms with Gasteiger partial charge in [0.2, 0.25) is 0 Å². The summed E-state index contributed by atoms with van der Waals surface area (Å²) in [6.07, 6.45) is 2.10. The lowest BCUT2D eigenvalue weighted by Crippen LogP contribution is -2.39. The summed E-state index contributed by atoms with van der Waals surface area (Å²) in [5, 5.41) is 0. The Hall–Kier alpha value is -1.84. The van der Waals surface area contributed by atoms with Crippen LogP contribution in [0.3, 0.4) is 0 Å². The lowest BCUT2D eigenvalue weighted by atomic mass is 9.78. The molecule has 0 radical (unpaired) electrons. The molecular weight excluding hydrogens is 256 g/mol. The molecule has 1 saturated carbocycles. The fraction of sp³-hybridized carbons (Fsp3) is 0.500. The number of esters is 2. The molecule has 0 N–H and O–H groups in total. The van der Waals surface area contributed by atoms with Crippen LogP contribution >= 0.6 is 0 Å². The van der Waals surface area contributed by atoms with Gasteiger partial charge in [-0.15, -0.1) is 0 Å². The first-order valence-electron chi connectivity index (χ1n) is 7.07. The molecule has 0 unspecified atom stereocenters. The number of carbonyl (C=O) groups excluding carboxylic acids is 2. The summed E-state index contributed by atoms with van der Waals surface area (Å²) in [7, 11) is 0. The highest BCUT2D eigenvalue weighted by atomic mass is 16.6. The molecular formula is C16H18O4. The van der Waals surface area contributed by atoms with Gasteiger partial charge >= 0.3 is 11.9 Å². The lowest BCUT2D eigenvalue weighted by molar-refractivity contribution is -0.166. The molecule has 3 atom stereocenters. The Kier molecular flexibility index (Phi) is 3.24. The SMILES string of the molecule is C[C@H]1OC(=O)[C@@]2(C(=O)OCc3ccccc3)CCC[C@@H]12. The monoisotopic (exact) mass is 274 g/mol. The number of hydrogen-bond acceptors (Lipinski definition) is 4. The van der Waals surface area contributed by atoms with E-state index < -0.39 is 17.4 Å². The van der Waals surface area contributed by atoms with Gasteiger partial charge < -0.3 is 9.47 Å². The molecule has 20 heavy (non-hydrogen) atoms. The number of ether oxygens (including phenoxy) is 2. The van der Waals surface area contributed by atoms with Crippen molar-refractivity contribution in [1.29, 1.82) is 0 Å². The summed E-state index contributed by atoms with van der Waals surface area (Å²) >= 11 is 0. The van der Waals surface area contributed by atoms with Crippen molar-refractivity contribution in [3.05, 3.63) is 35.9 Å². The van der Waals surface area contributed by atoms with Gasteiger partial charge in [-0.25, -0.2) is 0 Å². The molecule has 4 nitrogen and oxygen atoms in total. The summed E-state index contributed by atoms with van der Waals surface area (Å²) < 4.78 is 10.7. The molecule has 0 spiro atoms. The maximum absolute atomic E-state index is 12.5. The lowest BCUT2D eigenvalue weighted by Gasteiger charge is -2.22. The molecule has 2 fully saturated rings. The van der Waals surface area contributed by atoms with E-state index in [0.717, 1.165) is 18.4 Å². The van der Waals surface area contributed by atoms with E-state index in [0.29, 0.717) is 6.42 Å². The van der Waals surface area contributed by atoms with Crippen LogP contribution in [0.15, 0.2) is 30.3 Å². The van der Waals surface area contributed by atoms with Gasteiger partial charge in [0.15, 0.2) is 5.41 Å². The Morgan fingerprint density at radius 2 is 2.15 bits per heavy atom. The van der Waals surface area contributed by atoms with E-state index in [-0.39, 0.29) is 18.6 Å². The zero-order chi connectivity index (χ0) is 14.2. The van der Waals surface area contributed by atoms with E-state index in [4.69, 9.17) is 9.47 Å². The van der Waals surface area contributed by atoms with E-state index >= 15 is 0 Å². The van der Waals surface area contributed by atoms with Gasteiger partial charge in [-0.2, -0.15) is 0 Å². The second-order valence-corrected chi connectivity index (χ2v) is 5.64. The van der Waals surface area contributed by atoms with Crippen molar-refractivity contribution < 1.29 is 19.1 Å². The molecule has 0 amide bonds. The maximum atomic E-state index is 12.5. The molecule has 0 aromatic heterocycles. The molecule has 1 aromatic carbocycles. The standard InChI is InChI=1S/C16H18O4/c1-11-13-8-5-9-16(13,15(18)20-11)14(17)19-10-12-6-3-2-4-7-12/h2-4,6-7,11,13H,5,8-10H2,1H3/t11-,13+,16+/m1/s1. The Morgan fingerprint density at radius 1 is 1.40 bits per heavy atom. The molecule has 106 valence electrons. The molecule has 1 aromatic rings. The van der Waals surface area contributed by atoms with Gasteiger partial charge in [-0.05, 0) is 25.3 Å². The number of rotatable bonds is 3. The third-order valence-electron chi connectivity index (χ3n) is 4.52. The zero-order valence-corrected chi connectivity index (χ0v) is 11.5. The minimum Gasteiger partial charge on any atom is -0.461 e. The van der Waals surface area contributed by atoms with Gasteiger partial charge in [-0.1, -0.05) is 36.8 Å². The van der Waals surface area contributed by atoms with E-state index in [1.165, 1.54) is 0 Å². The predicted molar refractivity (Wildman–Crippen MR) is 71.6 cm³/mol. The molecule has 4 heteroatoms. The van der Waals surface area contributed by atoms with Crippen molar-refractivity contribution in [1.82, 2.24) is 0 Å². The Labute approximate surface area is 118 Å². The third-order valence-corrected chi connectivity index (χ3v) is 4.52. The highest BCUT2D eigenvalue weighted by molar-refractivity contribution is 6.02. The van der Waals surface area contributed by atoms with Crippen LogP contribution in [0.25, 0.3) is 0 Å². The van der Waals surface area contributed by atoms with E-state index in [9.17, 15) is 9.59 Å². The van der Waals surface area contributed by atoms with Gasteiger partial charge in [0.1, 0.15) is 12.7 Å². The van der Waals surface area contributed by atoms with Gasteiger partial charge in [0.25, 0.3) is 0 Å². The highest BCUT2D eigenvalue weighted by Crippen LogP contribution is 2.52. The van der Waals surface area contributed by atoms with Crippen LogP contribution in [0.1, 0.15) is 31.7 Å². The highest BCUT2D eigenvalue weighted by Gasteiger charge is 2.64. The molecule has 0 bridgehead atoms. The molecule has 1 aliphatic heterocycles. The van der Waals surface area contributed by atoms with Crippen LogP contribution in [0.5, 0.6) is 0 Å². The largest absolute Gasteiger partial charge is 0.461 e. The Morgan fingerprint density at radius 3 is 2.90 bits per heavy atom.